The molecule has 3 heterocycles. The Hall–Kier alpha value is -2.53. The molecule has 0 unspecified atom stereocenters. The van der Waals surface area contributed by atoms with E-state index >= 15 is 0 Å². The smallest absolute Gasteiger partial charge is 0.193 e. The molecule has 0 aliphatic heterocycles. The Bertz CT molecular complexity index is 920. The molecule has 0 N–H and O–H groups in total. The minimum absolute atomic E-state index is 0.00227. The number of hydrogen-bond acceptors (Lipinski definition) is 4. The highest BCUT2D eigenvalue weighted by Gasteiger charge is 2.14. The lowest BCUT2D eigenvalue weighted by Crippen LogP contribution is -2.07. The van der Waals surface area contributed by atoms with E-state index in [1.54, 1.807) is 17.5 Å². The molecular formula is C16H11N3OS. The predicted octanol–water partition coefficient (Wildman–Crippen LogP) is 3.37. The van der Waals surface area contributed by atoms with Crippen molar-refractivity contribution >= 4 is 32.9 Å². The van der Waals surface area contributed by atoms with Crippen LogP contribution >= 0.6 is 11.3 Å². The van der Waals surface area contributed by atoms with Crippen molar-refractivity contribution < 1.29 is 4.79 Å². The third-order valence-corrected chi connectivity index (χ3v) is 4.19. The Morgan fingerprint density at radius 1 is 1.24 bits per heavy atom. The average molecular weight is 293 g/mol. The van der Waals surface area contributed by atoms with Gasteiger partial charge in [-0.05, 0) is 11.5 Å². The van der Waals surface area contributed by atoms with E-state index in [1.165, 1.54) is 0 Å². The van der Waals surface area contributed by atoms with Gasteiger partial charge in [-0.3, -0.25) is 14.2 Å². The molecule has 4 nitrogen and oxygen atoms in total. The van der Waals surface area contributed by atoms with E-state index in [0.717, 1.165) is 21.4 Å². The van der Waals surface area contributed by atoms with Crippen molar-refractivity contribution in [1.82, 2.24) is 14.4 Å². The van der Waals surface area contributed by atoms with E-state index in [4.69, 9.17) is 0 Å². The highest BCUT2D eigenvalue weighted by atomic mass is 32.1. The van der Waals surface area contributed by atoms with Gasteiger partial charge < -0.3 is 0 Å². The fourth-order valence-electron chi connectivity index (χ4n) is 2.45. The standard InChI is InChI=1S/C16H11N3OS/c20-14(9-12-10-19-7-8-21-16(19)18-12)15-13-4-2-1-3-11(13)5-6-17-15/h1-8,10H,9H2. The van der Waals surface area contributed by atoms with Crippen LogP contribution in [-0.4, -0.2) is 20.2 Å². The van der Waals surface area contributed by atoms with Crippen LogP contribution in [0.15, 0.2) is 54.3 Å². The van der Waals surface area contributed by atoms with Crippen molar-refractivity contribution in [2.45, 2.75) is 6.42 Å². The van der Waals surface area contributed by atoms with Crippen molar-refractivity contribution in [2.24, 2.45) is 0 Å². The van der Waals surface area contributed by atoms with Crippen molar-refractivity contribution in [2.75, 3.05) is 0 Å². The number of rotatable bonds is 3. The minimum Gasteiger partial charge on any atom is -0.297 e. The molecule has 3 aromatic heterocycles. The lowest BCUT2D eigenvalue weighted by atomic mass is 10.1. The summed E-state index contributed by atoms with van der Waals surface area (Å²) < 4.78 is 1.93. The van der Waals surface area contributed by atoms with Gasteiger partial charge in [0, 0.05) is 29.4 Å². The first kappa shape index (κ1) is 12.2. The van der Waals surface area contributed by atoms with Crippen molar-refractivity contribution in [3.05, 3.63) is 65.7 Å². The zero-order valence-electron chi connectivity index (χ0n) is 11.1. The molecule has 5 heteroatoms. The van der Waals surface area contributed by atoms with Crippen LogP contribution < -0.4 is 0 Å². The van der Waals surface area contributed by atoms with E-state index in [2.05, 4.69) is 9.97 Å². The number of imidazole rings is 1. The van der Waals surface area contributed by atoms with Crippen LogP contribution in [0.4, 0.5) is 0 Å². The molecule has 0 saturated carbocycles. The van der Waals surface area contributed by atoms with Gasteiger partial charge in [0.1, 0.15) is 5.69 Å². The van der Waals surface area contributed by atoms with Crippen molar-refractivity contribution in [1.29, 1.82) is 0 Å². The Balaban J connectivity index is 1.71. The summed E-state index contributed by atoms with van der Waals surface area (Å²) in [5.41, 5.74) is 1.30. The molecule has 21 heavy (non-hydrogen) atoms. The summed E-state index contributed by atoms with van der Waals surface area (Å²) in [6.45, 7) is 0. The van der Waals surface area contributed by atoms with Gasteiger partial charge >= 0.3 is 0 Å². The normalized spacial score (nSPS) is 11.2. The number of nitrogens with zero attached hydrogens (tertiary/aromatic N) is 3. The van der Waals surface area contributed by atoms with Crippen LogP contribution in [0.3, 0.4) is 0 Å². The topological polar surface area (TPSA) is 47.3 Å². The molecule has 0 spiro atoms. The monoisotopic (exact) mass is 293 g/mol. The summed E-state index contributed by atoms with van der Waals surface area (Å²) >= 11 is 1.56. The molecule has 0 fully saturated rings. The lowest BCUT2D eigenvalue weighted by Gasteiger charge is -2.03. The van der Waals surface area contributed by atoms with Crippen LogP contribution in [0.1, 0.15) is 16.2 Å². The molecule has 0 amide bonds. The summed E-state index contributed by atoms with van der Waals surface area (Å²) in [5, 5.41) is 3.90. The maximum atomic E-state index is 12.5. The summed E-state index contributed by atoms with van der Waals surface area (Å²) in [6.07, 6.45) is 5.79. The van der Waals surface area contributed by atoms with Crippen molar-refractivity contribution in [3.63, 3.8) is 0 Å². The van der Waals surface area contributed by atoms with Gasteiger partial charge in [0.05, 0.1) is 12.1 Å². The quantitative estimate of drug-likeness (QED) is 0.544. The van der Waals surface area contributed by atoms with E-state index in [0.29, 0.717) is 5.69 Å². The van der Waals surface area contributed by atoms with Gasteiger partial charge in [-0.2, -0.15) is 0 Å². The van der Waals surface area contributed by atoms with Gasteiger partial charge in [-0.1, -0.05) is 24.3 Å². The molecule has 0 radical (unpaired) electrons. The lowest BCUT2D eigenvalue weighted by molar-refractivity contribution is 0.0989. The number of thiazole rings is 1. The second-order valence-corrected chi connectivity index (χ2v) is 5.68. The maximum Gasteiger partial charge on any atom is 0.193 e. The number of aromatic nitrogens is 3. The summed E-state index contributed by atoms with van der Waals surface area (Å²) in [7, 11) is 0. The van der Waals surface area contributed by atoms with Crippen LogP contribution in [0.25, 0.3) is 15.7 Å². The van der Waals surface area contributed by atoms with E-state index in [1.807, 2.05) is 52.5 Å². The van der Waals surface area contributed by atoms with Crippen LogP contribution in [0.2, 0.25) is 0 Å². The first-order valence-corrected chi connectivity index (χ1v) is 7.47. The SMILES string of the molecule is O=C(Cc1cn2ccsc2n1)c1nccc2ccccc12. The van der Waals surface area contributed by atoms with Gasteiger partial charge in [-0.15, -0.1) is 11.3 Å². The summed E-state index contributed by atoms with van der Waals surface area (Å²) in [6, 6.07) is 9.72. The second kappa shape index (κ2) is 4.79. The third kappa shape index (κ3) is 2.11. The van der Waals surface area contributed by atoms with Crippen LogP contribution in [0, 0.1) is 0 Å². The number of ketones is 1. The van der Waals surface area contributed by atoms with E-state index < -0.39 is 0 Å². The Morgan fingerprint density at radius 3 is 3.05 bits per heavy atom. The number of benzene rings is 1. The minimum atomic E-state index is -0.00227. The van der Waals surface area contributed by atoms with E-state index in [9.17, 15) is 4.79 Å². The number of carbonyl (C=O) groups excluding carboxylic acids is 1. The zero-order valence-corrected chi connectivity index (χ0v) is 11.9. The van der Waals surface area contributed by atoms with Gasteiger partial charge in [0.2, 0.25) is 0 Å². The molecule has 0 atom stereocenters. The largest absolute Gasteiger partial charge is 0.297 e. The molecule has 4 rings (SSSR count). The molecular weight excluding hydrogens is 282 g/mol. The molecule has 0 saturated heterocycles. The Morgan fingerprint density at radius 2 is 2.14 bits per heavy atom. The Labute approximate surface area is 124 Å². The number of hydrogen-bond donors (Lipinski definition) is 0. The van der Waals surface area contributed by atoms with Gasteiger partial charge in [-0.25, -0.2) is 4.98 Å². The van der Waals surface area contributed by atoms with Crippen molar-refractivity contribution in [3.8, 4) is 0 Å². The fourth-order valence-corrected chi connectivity index (χ4v) is 3.17. The first-order valence-electron chi connectivity index (χ1n) is 6.59. The predicted molar refractivity (Wildman–Crippen MR) is 82.8 cm³/mol. The Kier molecular flexibility index (Phi) is 2.79. The second-order valence-electron chi connectivity index (χ2n) is 4.81. The maximum absolute atomic E-state index is 12.5. The first-order chi connectivity index (χ1) is 10.3. The molecule has 0 aliphatic rings. The molecule has 0 bridgehead atoms. The molecule has 0 aliphatic carbocycles. The average Bonchev–Trinajstić information content (AvgIpc) is 3.07. The molecule has 4 aromatic rings. The van der Waals surface area contributed by atoms with Crippen LogP contribution in [-0.2, 0) is 6.42 Å². The fraction of sp³-hybridized carbons (Fsp3) is 0.0625. The summed E-state index contributed by atoms with van der Waals surface area (Å²) in [5.74, 6) is -0.00227. The number of fused-ring (bicyclic) bond motifs is 2. The number of Topliss-reactive ketones (excluding diaryl/α,β-unsaturated/α-hetero) is 1. The van der Waals surface area contributed by atoms with Crippen LogP contribution in [0.5, 0.6) is 0 Å². The zero-order chi connectivity index (χ0) is 14.2. The molecule has 102 valence electrons. The summed E-state index contributed by atoms with van der Waals surface area (Å²) in [4.78, 5) is 22.1. The highest BCUT2D eigenvalue weighted by Crippen LogP contribution is 2.19. The number of carbonyl (C=O) groups is 1. The molecule has 1 aromatic carbocycles. The number of pyridine rings is 1. The highest BCUT2D eigenvalue weighted by molar-refractivity contribution is 7.15. The van der Waals surface area contributed by atoms with Gasteiger partial charge in [0.25, 0.3) is 0 Å². The third-order valence-electron chi connectivity index (χ3n) is 3.42. The van der Waals surface area contributed by atoms with E-state index in [-0.39, 0.29) is 12.2 Å². The van der Waals surface area contributed by atoms with Gasteiger partial charge in [0.15, 0.2) is 10.7 Å².